The van der Waals surface area contributed by atoms with E-state index in [0.29, 0.717) is 11.3 Å². The molecule has 0 atom stereocenters. The van der Waals surface area contributed by atoms with Gasteiger partial charge in [0.25, 0.3) is 5.91 Å². The standard InChI is InChI=1S/C26H24N2OS/c1-4-15-28-24-19(3)16-18(2)17-22(24)30-26(28)27-25(29)23(20-11-7-5-8-12-20)21-13-9-6-10-14-21/h4-14,16-17,23H,1,15H2,2-3H3. The fraction of sp³-hybridized carbons (Fsp3) is 0.154. The molecule has 0 radical (unpaired) electrons. The van der Waals surface area contributed by atoms with Crippen molar-refractivity contribution >= 4 is 27.5 Å². The summed E-state index contributed by atoms with van der Waals surface area (Å²) in [7, 11) is 0. The van der Waals surface area contributed by atoms with Gasteiger partial charge in [0.1, 0.15) is 0 Å². The summed E-state index contributed by atoms with van der Waals surface area (Å²) < 4.78 is 3.23. The molecule has 1 aromatic heterocycles. The van der Waals surface area contributed by atoms with E-state index >= 15 is 0 Å². The molecule has 0 saturated carbocycles. The van der Waals surface area contributed by atoms with Gasteiger partial charge < -0.3 is 4.57 Å². The van der Waals surface area contributed by atoms with Crippen LogP contribution in [-0.4, -0.2) is 10.5 Å². The number of aromatic nitrogens is 1. The van der Waals surface area contributed by atoms with Crippen molar-refractivity contribution in [3.05, 3.63) is 113 Å². The maximum Gasteiger partial charge on any atom is 0.260 e. The van der Waals surface area contributed by atoms with E-state index in [0.717, 1.165) is 21.3 Å². The Kier molecular flexibility index (Phi) is 5.77. The number of amides is 1. The fourth-order valence-electron chi connectivity index (χ4n) is 3.90. The SMILES string of the molecule is C=CCn1c(=NC(=O)C(c2ccccc2)c2ccccc2)sc2cc(C)cc(C)c21. The number of thiazole rings is 1. The number of hydrogen-bond acceptors (Lipinski definition) is 2. The zero-order chi connectivity index (χ0) is 21.1. The summed E-state index contributed by atoms with van der Waals surface area (Å²) in [5, 5.41) is 0. The number of rotatable bonds is 5. The van der Waals surface area contributed by atoms with Gasteiger partial charge in [-0.05, 0) is 42.2 Å². The third-order valence-electron chi connectivity index (χ3n) is 5.14. The second-order valence-corrected chi connectivity index (χ2v) is 8.43. The number of carbonyl (C=O) groups excluding carboxylic acids is 1. The molecule has 4 rings (SSSR count). The van der Waals surface area contributed by atoms with Gasteiger partial charge in [-0.25, -0.2) is 0 Å². The van der Waals surface area contributed by atoms with E-state index in [1.165, 1.54) is 11.1 Å². The summed E-state index contributed by atoms with van der Waals surface area (Å²) in [5.41, 5.74) is 5.39. The summed E-state index contributed by atoms with van der Waals surface area (Å²) in [6.07, 6.45) is 1.85. The topological polar surface area (TPSA) is 34.4 Å². The summed E-state index contributed by atoms with van der Waals surface area (Å²) in [6.45, 7) is 8.70. The first-order valence-electron chi connectivity index (χ1n) is 9.98. The number of fused-ring (bicyclic) bond motifs is 1. The molecule has 0 unspecified atom stereocenters. The van der Waals surface area contributed by atoms with Crippen LogP contribution in [0, 0.1) is 13.8 Å². The molecule has 1 heterocycles. The van der Waals surface area contributed by atoms with Gasteiger partial charge in [0.05, 0.1) is 16.1 Å². The van der Waals surface area contributed by atoms with Gasteiger partial charge in [0, 0.05) is 6.54 Å². The fourth-order valence-corrected chi connectivity index (χ4v) is 5.12. The Morgan fingerprint density at radius 1 is 1.03 bits per heavy atom. The molecule has 0 spiro atoms. The second-order valence-electron chi connectivity index (χ2n) is 7.42. The Labute approximate surface area is 180 Å². The van der Waals surface area contributed by atoms with Gasteiger partial charge in [-0.3, -0.25) is 4.79 Å². The van der Waals surface area contributed by atoms with E-state index in [1.54, 1.807) is 11.3 Å². The highest BCUT2D eigenvalue weighted by Crippen LogP contribution is 2.27. The Morgan fingerprint density at radius 2 is 1.63 bits per heavy atom. The number of carbonyl (C=O) groups is 1. The quantitative estimate of drug-likeness (QED) is 0.384. The molecular formula is C26H24N2OS. The van der Waals surface area contributed by atoms with Crippen LogP contribution in [0.3, 0.4) is 0 Å². The average molecular weight is 413 g/mol. The molecule has 0 fully saturated rings. The second kappa shape index (κ2) is 8.64. The lowest BCUT2D eigenvalue weighted by atomic mass is 9.91. The lowest BCUT2D eigenvalue weighted by Gasteiger charge is -2.14. The van der Waals surface area contributed by atoms with Crippen molar-refractivity contribution in [3.8, 4) is 0 Å². The van der Waals surface area contributed by atoms with E-state index in [1.807, 2.05) is 66.7 Å². The molecule has 0 bridgehead atoms. The zero-order valence-corrected chi connectivity index (χ0v) is 18.0. The van der Waals surface area contributed by atoms with Gasteiger partial charge in [-0.2, -0.15) is 4.99 Å². The van der Waals surface area contributed by atoms with Crippen LogP contribution in [-0.2, 0) is 11.3 Å². The Balaban J connectivity index is 1.89. The summed E-state index contributed by atoms with van der Waals surface area (Å²) in [4.78, 5) is 18.8. The molecule has 1 amide bonds. The van der Waals surface area contributed by atoms with E-state index in [4.69, 9.17) is 0 Å². The minimum absolute atomic E-state index is 0.161. The molecular weight excluding hydrogens is 388 g/mol. The van der Waals surface area contributed by atoms with E-state index in [2.05, 4.69) is 42.1 Å². The molecule has 150 valence electrons. The highest BCUT2D eigenvalue weighted by Gasteiger charge is 2.22. The maximum atomic E-state index is 13.5. The van der Waals surface area contributed by atoms with Crippen LogP contribution in [0.5, 0.6) is 0 Å². The molecule has 0 aliphatic heterocycles. The van der Waals surface area contributed by atoms with Crippen molar-refractivity contribution in [1.29, 1.82) is 0 Å². The van der Waals surface area contributed by atoms with Crippen molar-refractivity contribution in [1.82, 2.24) is 4.57 Å². The molecule has 0 aliphatic rings. The van der Waals surface area contributed by atoms with Gasteiger partial charge in [0.2, 0.25) is 0 Å². The number of aryl methyl sites for hydroxylation is 2. The van der Waals surface area contributed by atoms with Gasteiger partial charge in [-0.15, -0.1) is 6.58 Å². The summed E-state index contributed by atoms with van der Waals surface area (Å²) in [5.74, 6) is -0.594. The van der Waals surface area contributed by atoms with Gasteiger partial charge >= 0.3 is 0 Å². The Hall–Kier alpha value is -3.24. The van der Waals surface area contributed by atoms with E-state index < -0.39 is 5.92 Å². The Morgan fingerprint density at radius 3 is 2.20 bits per heavy atom. The first-order valence-corrected chi connectivity index (χ1v) is 10.8. The molecule has 30 heavy (non-hydrogen) atoms. The number of allylic oxidation sites excluding steroid dienone is 1. The van der Waals surface area contributed by atoms with Crippen LogP contribution >= 0.6 is 11.3 Å². The van der Waals surface area contributed by atoms with Crippen molar-refractivity contribution in [2.75, 3.05) is 0 Å². The number of benzene rings is 3. The van der Waals surface area contributed by atoms with Crippen molar-refractivity contribution < 1.29 is 4.79 Å². The predicted molar refractivity (Wildman–Crippen MR) is 125 cm³/mol. The van der Waals surface area contributed by atoms with Crippen LogP contribution < -0.4 is 4.80 Å². The maximum absolute atomic E-state index is 13.5. The first-order chi connectivity index (χ1) is 14.6. The molecule has 3 aromatic carbocycles. The molecule has 0 aliphatic carbocycles. The molecule has 0 N–H and O–H groups in total. The van der Waals surface area contributed by atoms with Gasteiger partial charge in [0.15, 0.2) is 4.80 Å². The van der Waals surface area contributed by atoms with Crippen LogP contribution in [0.25, 0.3) is 10.2 Å². The highest BCUT2D eigenvalue weighted by molar-refractivity contribution is 7.16. The minimum Gasteiger partial charge on any atom is -0.312 e. The van der Waals surface area contributed by atoms with Crippen molar-refractivity contribution in [2.45, 2.75) is 26.3 Å². The van der Waals surface area contributed by atoms with Crippen molar-refractivity contribution in [2.24, 2.45) is 4.99 Å². The molecule has 4 heteroatoms. The largest absolute Gasteiger partial charge is 0.312 e. The van der Waals surface area contributed by atoms with Crippen LogP contribution in [0.2, 0.25) is 0 Å². The van der Waals surface area contributed by atoms with Gasteiger partial charge in [-0.1, -0.05) is 84.1 Å². The average Bonchev–Trinajstić information content (AvgIpc) is 3.07. The normalized spacial score (nSPS) is 11.9. The Bertz CT molecular complexity index is 1230. The van der Waals surface area contributed by atoms with Crippen LogP contribution in [0.1, 0.15) is 28.2 Å². The molecule has 0 saturated heterocycles. The zero-order valence-electron chi connectivity index (χ0n) is 17.2. The molecule has 3 nitrogen and oxygen atoms in total. The monoisotopic (exact) mass is 412 g/mol. The third-order valence-corrected chi connectivity index (χ3v) is 6.17. The van der Waals surface area contributed by atoms with E-state index in [9.17, 15) is 4.79 Å². The third kappa shape index (κ3) is 3.91. The van der Waals surface area contributed by atoms with Crippen molar-refractivity contribution in [3.63, 3.8) is 0 Å². The smallest absolute Gasteiger partial charge is 0.260 e. The summed E-state index contributed by atoms with van der Waals surface area (Å²) in [6, 6.07) is 24.0. The lowest BCUT2D eigenvalue weighted by Crippen LogP contribution is -2.20. The number of nitrogens with zero attached hydrogens (tertiary/aromatic N) is 2. The lowest BCUT2D eigenvalue weighted by molar-refractivity contribution is -0.118. The van der Waals surface area contributed by atoms with E-state index in [-0.39, 0.29) is 5.91 Å². The number of hydrogen-bond donors (Lipinski definition) is 0. The molecule has 4 aromatic rings. The first kappa shape index (κ1) is 20.0. The van der Waals surface area contributed by atoms with Crippen LogP contribution in [0.15, 0.2) is 90.4 Å². The predicted octanol–water partition coefficient (Wildman–Crippen LogP) is 5.77. The summed E-state index contributed by atoms with van der Waals surface area (Å²) >= 11 is 1.56. The highest BCUT2D eigenvalue weighted by atomic mass is 32.1. The van der Waals surface area contributed by atoms with Crippen LogP contribution in [0.4, 0.5) is 0 Å². The minimum atomic E-state index is -0.433.